The molecule has 0 fully saturated rings. The second-order valence-electron chi connectivity index (χ2n) is 11.9. The SMILES string of the molecule is CC(C)(C)OC(=O)N[C@@H](CCCO[Si-](c1ccccc1)(c1ccccc1)C(C)(C)C)C(=O)OCc1ccccc1. The molecule has 1 amide bonds. The second-order valence-corrected chi connectivity index (χ2v) is 16.3. The topological polar surface area (TPSA) is 73.9 Å². The molecule has 0 aliphatic rings. The summed E-state index contributed by atoms with van der Waals surface area (Å²) < 4.78 is 17.9. The van der Waals surface area contributed by atoms with E-state index < -0.39 is 32.0 Å². The van der Waals surface area contributed by atoms with Gasteiger partial charge in [-0.3, -0.25) is 0 Å². The molecule has 3 aromatic rings. The lowest BCUT2D eigenvalue weighted by Gasteiger charge is -2.55. The fraction of sp³-hybridized carbons (Fsp3) is 0.394. The number of ether oxygens (including phenoxy) is 2. The largest absolute Gasteiger partial charge is 0.558 e. The van der Waals surface area contributed by atoms with Crippen LogP contribution in [-0.2, 0) is 25.3 Å². The summed E-state index contributed by atoms with van der Waals surface area (Å²) in [5, 5.41) is 4.95. The number of benzene rings is 3. The highest BCUT2D eigenvalue weighted by Gasteiger charge is 2.37. The Bertz CT molecular complexity index is 1160. The molecular weight excluding hydrogens is 518 g/mol. The predicted octanol–water partition coefficient (Wildman–Crippen LogP) is 5.98. The zero-order chi connectivity index (χ0) is 29.2. The predicted molar refractivity (Wildman–Crippen MR) is 162 cm³/mol. The number of rotatable bonds is 11. The minimum Gasteiger partial charge on any atom is -0.558 e. The van der Waals surface area contributed by atoms with Gasteiger partial charge in [0.05, 0.1) is 8.32 Å². The number of alkyl carbamates (subject to hydrolysis) is 1. The third-order valence-corrected chi connectivity index (χ3v) is 11.6. The van der Waals surface area contributed by atoms with E-state index in [1.807, 2.05) is 42.5 Å². The van der Waals surface area contributed by atoms with E-state index in [1.54, 1.807) is 20.8 Å². The molecule has 7 heteroatoms. The number of esters is 1. The van der Waals surface area contributed by atoms with Crippen LogP contribution in [0, 0.1) is 0 Å². The molecule has 0 saturated carbocycles. The van der Waals surface area contributed by atoms with Crippen LogP contribution in [0.25, 0.3) is 0 Å². The molecule has 0 saturated heterocycles. The Labute approximate surface area is 240 Å². The van der Waals surface area contributed by atoms with Crippen LogP contribution in [0.3, 0.4) is 0 Å². The quantitative estimate of drug-likeness (QED) is 0.177. The second kappa shape index (κ2) is 13.8. The summed E-state index contributed by atoms with van der Waals surface area (Å²) in [7, 11) is -2.70. The third kappa shape index (κ3) is 8.54. The van der Waals surface area contributed by atoms with Gasteiger partial charge >= 0.3 is 12.1 Å². The molecule has 0 spiro atoms. The molecule has 3 aromatic carbocycles. The van der Waals surface area contributed by atoms with Crippen LogP contribution >= 0.6 is 0 Å². The van der Waals surface area contributed by atoms with Crippen LogP contribution in [0.1, 0.15) is 59.9 Å². The molecule has 1 N–H and O–H groups in total. The van der Waals surface area contributed by atoms with E-state index in [4.69, 9.17) is 13.9 Å². The van der Waals surface area contributed by atoms with Crippen LogP contribution in [0.15, 0.2) is 91.0 Å². The summed E-state index contributed by atoms with van der Waals surface area (Å²) in [5.74, 6) is -0.500. The van der Waals surface area contributed by atoms with Crippen molar-refractivity contribution in [3.63, 3.8) is 0 Å². The Kier molecular flexibility index (Phi) is 10.7. The van der Waals surface area contributed by atoms with Gasteiger partial charge in [0.25, 0.3) is 0 Å². The van der Waals surface area contributed by atoms with Crippen molar-refractivity contribution in [3.8, 4) is 0 Å². The molecule has 0 aliphatic carbocycles. The number of carbonyl (C=O) groups is 2. The molecule has 6 nitrogen and oxygen atoms in total. The molecule has 215 valence electrons. The van der Waals surface area contributed by atoms with E-state index in [0.29, 0.717) is 19.4 Å². The highest BCUT2D eigenvalue weighted by molar-refractivity contribution is 6.99. The van der Waals surface area contributed by atoms with Crippen molar-refractivity contribution >= 4 is 30.8 Å². The molecule has 40 heavy (non-hydrogen) atoms. The fourth-order valence-electron chi connectivity index (χ4n) is 4.80. The van der Waals surface area contributed by atoms with E-state index in [1.165, 1.54) is 10.4 Å². The van der Waals surface area contributed by atoms with Gasteiger partial charge in [0.15, 0.2) is 0 Å². The minimum atomic E-state index is -2.70. The molecular formula is C33H43NO5Si-. The summed E-state index contributed by atoms with van der Waals surface area (Å²) in [6.07, 6.45) is 0.248. The zero-order valence-electron chi connectivity index (χ0n) is 24.6. The van der Waals surface area contributed by atoms with Crippen molar-refractivity contribution in [2.45, 2.75) is 77.7 Å². The van der Waals surface area contributed by atoms with Crippen molar-refractivity contribution in [3.05, 3.63) is 96.6 Å². The molecule has 0 heterocycles. The number of carbonyl (C=O) groups excluding carboxylic acids is 2. The van der Waals surface area contributed by atoms with Crippen molar-refractivity contribution in [1.29, 1.82) is 0 Å². The van der Waals surface area contributed by atoms with Gasteiger partial charge in [0.1, 0.15) is 18.2 Å². The van der Waals surface area contributed by atoms with Gasteiger partial charge in [-0.2, -0.15) is 10.4 Å². The van der Waals surface area contributed by atoms with E-state index in [-0.39, 0.29) is 11.6 Å². The summed E-state index contributed by atoms with van der Waals surface area (Å²) in [5.41, 5.74) is 0.191. The average Bonchev–Trinajstić information content (AvgIpc) is 2.91. The molecule has 0 radical (unpaired) electrons. The summed E-state index contributed by atoms with van der Waals surface area (Å²) >= 11 is 0. The van der Waals surface area contributed by atoms with Gasteiger partial charge < -0.3 is 19.2 Å². The summed E-state index contributed by atoms with van der Waals surface area (Å²) in [6, 6.07) is 29.5. The number of nitrogens with one attached hydrogen (secondary N) is 1. The lowest BCUT2D eigenvalue weighted by atomic mass is 10.1. The van der Waals surface area contributed by atoms with Crippen molar-refractivity contribution in [2.75, 3.05) is 6.61 Å². The Morgan fingerprint density at radius 3 is 1.75 bits per heavy atom. The van der Waals surface area contributed by atoms with E-state index >= 15 is 0 Å². The maximum atomic E-state index is 13.1. The Hall–Kier alpha value is -3.42. The molecule has 0 aliphatic heterocycles. The Morgan fingerprint density at radius 2 is 1.27 bits per heavy atom. The normalized spacial score (nSPS) is 12.8. The molecule has 0 bridgehead atoms. The van der Waals surface area contributed by atoms with Gasteiger partial charge in [0.2, 0.25) is 0 Å². The zero-order valence-corrected chi connectivity index (χ0v) is 25.6. The summed E-state index contributed by atoms with van der Waals surface area (Å²) in [6.45, 7) is 12.6. The van der Waals surface area contributed by atoms with Crippen LogP contribution in [0.5, 0.6) is 0 Å². The first-order valence-electron chi connectivity index (χ1n) is 13.9. The summed E-state index contributed by atoms with van der Waals surface area (Å²) in [4.78, 5) is 25.7. The highest BCUT2D eigenvalue weighted by Crippen LogP contribution is 2.36. The number of hydrogen-bond donors (Lipinski definition) is 1. The van der Waals surface area contributed by atoms with E-state index in [2.05, 4.69) is 74.6 Å². The molecule has 1 atom stereocenters. The standard InChI is InChI=1S/C33H43NO5Si/c1-32(2,3)39-31(36)34-29(30(35)37-25-26-17-10-7-11-18-26)23-16-24-38-40(33(4,5)6,27-19-12-8-13-20-27)28-21-14-9-15-22-28/h7-15,17-22,29H,16,23-25H2,1-6H3,(H,34,36)/q-1/t29-/m0/s1. The first kappa shape index (κ1) is 31.1. The van der Waals surface area contributed by atoms with Gasteiger partial charge in [0, 0.05) is 6.61 Å². The van der Waals surface area contributed by atoms with Crippen LogP contribution in [-0.4, -0.2) is 38.6 Å². The molecule has 0 aromatic heterocycles. The van der Waals surface area contributed by atoms with Crippen molar-refractivity contribution < 1.29 is 23.5 Å². The number of amides is 1. The molecule has 3 rings (SSSR count). The van der Waals surface area contributed by atoms with Crippen LogP contribution < -0.4 is 15.7 Å². The third-order valence-electron chi connectivity index (χ3n) is 6.57. The minimum absolute atomic E-state index is 0.130. The monoisotopic (exact) mass is 561 g/mol. The first-order valence-corrected chi connectivity index (χ1v) is 15.8. The Balaban J connectivity index is 1.77. The average molecular weight is 562 g/mol. The lowest BCUT2D eigenvalue weighted by molar-refractivity contribution is -0.147. The van der Waals surface area contributed by atoms with Crippen molar-refractivity contribution in [2.24, 2.45) is 0 Å². The number of hydrogen-bond acceptors (Lipinski definition) is 5. The Morgan fingerprint density at radius 1 is 0.775 bits per heavy atom. The van der Waals surface area contributed by atoms with Gasteiger partial charge in [-0.25, -0.2) is 9.59 Å². The van der Waals surface area contributed by atoms with Crippen LogP contribution in [0.2, 0.25) is 5.04 Å². The van der Waals surface area contributed by atoms with Gasteiger partial charge in [-0.15, -0.1) is 5.04 Å². The van der Waals surface area contributed by atoms with Crippen LogP contribution in [0.4, 0.5) is 4.79 Å². The molecule has 0 unspecified atom stereocenters. The van der Waals surface area contributed by atoms with E-state index in [0.717, 1.165) is 5.56 Å². The van der Waals surface area contributed by atoms with Crippen molar-refractivity contribution in [1.82, 2.24) is 5.32 Å². The van der Waals surface area contributed by atoms with Gasteiger partial charge in [-0.05, 0) is 39.2 Å². The maximum absolute atomic E-state index is 13.1. The first-order chi connectivity index (χ1) is 18.9. The van der Waals surface area contributed by atoms with Gasteiger partial charge in [-0.1, -0.05) is 112 Å². The maximum Gasteiger partial charge on any atom is 0.408 e. The smallest absolute Gasteiger partial charge is 0.408 e. The van der Waals surface area contributed by atoms with E-state index in [9.17, 15) is 9.59 Å². The highest BCUT2D eigenvalue weighted by atomic mass is 28.4. The lowest BCUT2D eigenvalue weighted by Crippen LogP contribution is -2.66. The fourth-order valence-corrected chi connectivity index (χ4v) is 9.41.